The van der Waals surface area contributed by atoms with E-state index in [4.69, 9.17) is 4.74 Å². The summed E-state index contributed by atoms with van der Waals surface area (Å²) in [6, 6.07) is 55.9. The number of pyridine rings is 6. The number of H-pyrrole nitrogens is 4. The van der Waals surface area contributed by atoms with Gasteiger partial charge >= 0.3 is 0 Å². The lowest BCUT2D eigenvalue weighted by Gasteiger charge is -2.33. The Morgan fingerprint density at radius 3 is 0.919 bits per heavy atom. The van der Waals surface area contributed by atoms with E-state index >= 15 is 0 Å². The number of anilines is 6. The molecule has 0 saturated carbocycles. The van der Waals surface area contributed by atoms with Crippen LogP contribution in [0.15, 0.2) is 232 Å². The highest BCUT2D eigenvalue weighted by atomic mass is 16.5. The first kappa shape index (κ1) is 93.5. The van der Waals surface area contributed by atoms with E-state index in [1.165, 1.54) is 37.1 Å². The van der Waals surface area contributed by atoms with Crippen LogP contribution in [0.5, 0.6) is 0 Å². The topological polar surface area (TPSA) is 347 Å². The Morgan fingerprint density at radius 2 is 0.607 bits per heavy atom. The molecule has 19 rings (SSSR count). The van der Waals surface area contributed by atoms with Gasteiger partial charge in [0.15, 0.2) is 22.8 Å². The number of nitrogens with zero attached hydrogens (tertiary/aromatic N) is 19. The van der Waals surface area contributed by atoms with E-state index in [0.29, 0.717) is 47.4 Å². The van der Waals surface area contributed by atoms with Crippen molar-refractivity contribution in [3.63, 3.8) is 0 Å². The van der Waals surface area contributed by atoms with E-state index in [2.05, 4.69) is 180 Å². The van der Waals surface area contributed by atoms with Gasteiger partial charge < -0.3 is 65.2 Å². The Morgan fingerprint density at radius 1 is 0.311 bits per heavy atom. The number of nitrogens with one attached hydrogen (secondary N) is 8. The number of rotatable bonds is 26. The Kier molecular flexibility index (Phi) is 30.3. The molecule has 0 atom stereocenters. The van der Waals surface area contributed by atoms with Crippen LogP contribution in [0.3, 0.4) is 0 Å². The molecule has 16 aromatic rings. The van der Waals surface area contributed by atoms with Gasteiger partial charge in [0.25, 0.3) is 23.6 Å². The van der Waals surface area contributed by atoms with E-state index in [9.17, 15) is 19.2 Å². The summed E-state index contributed by atoms with van der Waals surface area (Å²) in [6.45, 7) is 14.4. The van der Waals surface area contributed by atoms with Crippen LogP contribution < -0.4 is 31.1 Å². The second-order valence-corrected chi connectivity index (χ2v) is 35.7. The Bertz CT molecular complexity index is 6750. The second kappa shape index (κ2) is 43.7. The largest absolute Gasteiger partial charge is 0.378 e. The maximum absolute atomic E-state index is 13.1. The lowest BCUT2D eigenvalue weighted by Crippen LogP contribution is -2.44. The summed E-state index contributed by atoms with van der Waals surface area (Å²) in [4.78, 5) is 98.5. The summed E-state index contributed by atoms with van der Waals surface area (Å²) in [6.07, 6.45) is 20.8. The number of ether oxygens (including phenoxy) is 1. The monoisotopic (exact) mass is 1810 g/mol. The summed E-state index contributed by atoms with van der Waals surface area (Å²) in [7, 11) is 22.4. The molecule has 0 bridgehead atoms. The number of amides is 4. The lowest BCUT2D eigenvalue weighted by atomic mass is 10.0. The number of aromatic amines is 4. The molecule has 3 saturated heterocycles. The summed E-state index contributed by atoms with van der Waals surface area (Å²) >= 11 is 0. The SMILES string of the molecule is CN(C)Cc1ccc(NC(=O)c2n[nH]c3ccc(-c4cncc(CN(C)C)c4)cc23)cc1.CN(C)Cc1cncc(-c2ccc3[nH]nc(C(=O)Nc4ccc(CN5CCCC5)cc4)c3c2)c1.CN(C)Cc1cncc(-c2ccc3[nH]nc(C(=O)Nc4ccc(N5CCN(C)CC5)nc4)c3c2)c1.CN(C)Cc1cncc(-c2ccc3[nH]nc(C(=O)Nc4ccc(N5CCOCC5)nc4)c3c2)c1. The smallest absolute Gasteiger partial charge is 0.276 e. The highest BCUT2D eigenvalue weighted by molar-refractivity contribution is 6.14. The molecule has 13 heterocycles. The number of likely N-dealkylation sites (N-methyl/N-ethyl adjacent to an activating group) is 1. The molecule has 0 spiro atoms. The molecule has 3 aliphatic rings. The number of fused-ring (bicyclic) bond motifs is 4. The third-order valence-electron chi connectivity index (χ3n) is 23.3. The maximum Gasteiger partial charge on any atom is 0.276 e. The van der Waals surface area contributed by atoms with Crippen molar-refractivity contribution in [3.8, 4) is 44.5 Å². The molecule has 10 aromatic heterocycles. The predicted molar refractivity (Wildman–Crippen MR) is 535 cm³/mol. The number of likely N-dealkylation sites (tertiary alicyclic amines) is 1. The standard InChI is InChI=1S/C27H30N6O.C26H30N8O.C25H27N7O2.C25H28N6O/c1-32(2)17-20-13-22(16-28-15-20)21-7-10-25-24(14-21)26(31-30-25)27(34)29-23-8-5-19(6-9-23)18-33-11-3-4-12-33;1-32(2)17-18-12-20(15-27-14-18)19-4-6-23-22(13-19)25(31-30-23)26(35)29-21-5-7-24(28-16-21)34-10-8-33(3)9-11-34;1-31(2)16-17-11-19(14-26-13-17)18-3-5-22-21(12-18)24(30-29-22)25(33)28-20-4-6-23(27-15-20)32-7-9-34-10-8-32;1-30(2)15-17-5-8-21(9-6-17)27-25(32)24-22-12-19(7-10-23(22)28-29-24)20-11-18(13-26-14-20)16-31(3)4/h5-10,13-16H,3-4,11-12,17-18H2,1-2H3,(H,29,34)(H,30,31);4-7,12-16H,8-11,17H2,1-3H3,(H,29,35)(H,30,31);3-6,11-15H,7-10,16H2,1-2H3,(H,28,33)(H,29,30);5-14H,15-16H2,1-4H3,(H,27,32)(H,28,29). The van der Waals surface area contributed by atoms with Gasteiger partial charge in [-0.2, -0.15) is 20.4 Å². The van der Waals surface area contributed by atoms with Gasteiger partial charge in [0.05, 0.1) is 59.0 Å². The van der Waals surface area contributed by atoms with Crippen LogP contribution in [0, 0.1) is 0 Å². The van der Waals surface area contributed by atoms with E-state index in [0.717, 1.165) is 212 Å². The molecule has 0 aliphatic carbocycles. The highest BCUT2D eigenvalue weighted by Crippen LogP contribution is 2.33. The van der Waals surface area contributed by atoms with Gasteiger partial charge in [-0.3, -0.25) is 64.4 Å². The number of hydrogen-bond donors (Lipinski definition) is 8. The average molecular weight is 1810 g/mol. The lowest BCUT2D eigenvalue weighted by molar-refractivity contribution is 0.101. The minimum Gasteiger partial charge on any atom is -0.378 e. The minimum absolute atomic E-state index is 0.227. The fourth-order valence-electron chi connectivity index (χ4n) is 16.7. The summed E-state index contributed by atoms with van der Waals surface area (Å²) in [5.41, 5.74) is 22.4. The molecule has 0 unspecified atom stereocenters. The summed E-state index contributed by atoms with van der Waals surface area (Å²) in [5.74, 6) is 0.770. The Balaban J connectivity index is 0.000000131. The normalized spacial score (nSPS) is 13.6. The van der Waals surface area contributed by atoms with Gasteiger partial charge in [-0.25, -0.2) is 9.97 Å². The summed E-state index contributed by atoms with van der Waals surface area (Å²) in [5, 5.41) is 43.9. The van der Waals surface area contributed by atoms with E-state index in [1.54, 1.807) is 12.4 Å². The van der Waals surface area contributed by atoms with Crippen molar-refractivity contribution in [2.24, 2.45) is 0 Å². The predicted octanol–water partition coefficient (Wildman–Crippen LogP) is 14.8. The van der Waals surface area contributed by atoms with Crippen LogP contribution in [0.2, 0.25) is 0 Å². The zero-order valence-corrected chi connectivity index (χ0v) is 78.2. The number of aromatic nitrogens is 14. The Hall–Kier alpha value is -14.7. The molecule has 8 N–H and O–H groups in total. The van der Waals surface area contributed by atoms with E-state index < -0.39 is 0 Å². The molecule has 0 radical (unpaired) electrons. The fraction of sp³-hybridized carbons (Fsp3) is 0.282. The number of carbonyl (C=O) groups excluding carboxylic acids is 4. The van der Waals surface area contributed by atoms with Crippen LogP contribution >= 0.6 is 0 Å². The number of piperazine rings is 1. The van der Waals surface area contributed by atoms with Gasteiger partial charge in [-0.15, -0.1) is 0 Å². The average Bonchev–Trinajstić information content (AvgIpc) is 1.68. The highest BCUT2D eigenvalue weighted by Gasteiger charge is 2.24. The van der Waals surface area contributed by atoms with Crippen LogP contribution in [0.25, 0.3) is 88.1 Å². The molecular weight excluding hydrogens is 1700 g/mol. The summed E-state index contributed by atoms with van der Waals surface area (Å²) < 4.78 is 5.39. The number of hydrogen-bond acceptors (Lipinski definition) is 24. The van der Waals surface area contributed by atoms with Gasteiger partial charge in [0, 0.05) is 183 Å². The van der Waals surface area contributed by atoms with Gasteiger partial charge in [-0.05, 0) is 280 Å². The molecule has 4 amide bonds. The maximum atomic E-state index is 13.1. The van der Waals surface area contributed by atoms with Crippen molar-refractivity contribution in [2.45, 2.75) is 52.1 Å². The number of morpholine rings is 1. The van der Waals surface area contributed by atoms with Crippen molar-refractivity contribution in [3.05, 3.63) is 288 Å². The Labute approximate surface area is 785 Å². The van der Waals surface area contributed by atoms with Crippen LogP contribution in [-0.4, -0.2) is 272 Å². The zero-order chi connectivity index (χ0) is 94.0. The molecule has 692 valence electrons. The van der Waals surface area contributed by atoms with Gasteiger partial charge in [0.1, 0.15) is 11.6 Å². The van der Waals surface area contributed by atoms with Crippen LogP contribution in [0.1, 0.15) is 88.2 Å². The molecule has 135 heavy (non-hydrogen) atoms. The molecule has 6 aromatic carbocycles. The molecule has 32 heteroatoms. The van der Waals surface area contributed by atoms with Gasteiger partial charge in [0.2, 0.25) is 0 Å². The first-order valence-electron chi connectivity index (χ1n) is 45.2. The van der Waals surface area contributed by atoms with Crippen molar-refractivity contribution in [2.75, 3.05) is 174 Å². The first-order valence-corrected chi connectivity index (χ1v) is 45.2. The van der Waals surface area contributed by atoms with E-state index in [-0.39, 0.29) is 23.6 Å². The van der Waals surface area contributed by atoms with Crippen molar-refractivity contribution >= 4 is 102 Å². The van der Waals surface area contributed by atoms with E-state index in [1.807, 2.05) is 254 Å². The van der Waals surface area contributed by atoms with Crippen molar-refractivity contribution in [1.82, 2.24) is 105 Å². The quantitative estimate of drug-likeness (QED) is 0.0250. The van der Waals surface area contributed by atoms with Crippen molar-refractivity contribution < 1.29 is 23.9 Å². The molecule has 3 aliphatic heterocycles. The first-order chi connectivity index (χ1) is 65.5. The second-order valence-electron chi connectivity index (χ2n) is 35.7. The van der Waals surface area contributed by atoms with Crippen LogP contribution in [0.4, 0.5) is 34.4 Å². The van der Waals surface area contributed by atoms with Crippen LogP contribution in [-0.2, 0) is 44.0 Å². The molecule has 3 fully saturated rings. The van der Waals surface area contributed by atoms with Crippen molar-refractivity contribution in [1.29, 1.82) is 0 Å². The van der Waals surface area contributed by atoms with Gasteiger partial charge in [-0.1, -0.05) is 48.5 Å². The molecule has 32 nitrogen and oxygen atoms in total. The zero-order valence-electron chi connectivity index (χ0n) is 78.2. The fourth-order valence-corrected chi connectivity index (χ4v) is 16.7. The number of carbonyl (C=O) groups is 4. The number of benzene rings is 6. The third kappa shape index (κ3) is 24.6. The third-order valence-corrected chi connectivity index (χ3v) is 23.3. The minimum atomic E-state index is -0.288. The molecular formula is C103H115N27O5.